The first-order chi connectivity index (χ1) is 6.65. The summed E-state index contributed by atoms with van der Waals surface area (Å²) in [5.74, 6) is -0.281. The van der Waals surface area contributed by atoms with Gasteiger partial charge in [-0.2, -0.15) is 0 Å². The molecule has 0 saturated carbocycles. The van der Waals surface area contributed by atoms with Gasteiger partial charge < -0.3 is 10.4 Å². The summed E-state index contributed by atoms with van der Waals surface area (Å²) >= 11 is 0. The maximum Gasteiger partial charge on any atom is 0.123 e. The molecule has 0 heterocycles. The van der Waals surface area contributed by atoms with E-state index in [0.29, 0.717) is 0 Å². The number of hydrogen-bond acceptors (Lipinski definition) is 2. The Morgan fingerprint density at radius 2 is 1.93 bits per heavy atom. The van der Waals surface area contributed by atoms with E-state index in [1.54, 1.807) is 12.1 Å². The lowest BCUT2D eigenvalue weighted by atomic mass is 10.0. The molecule has 0 aliphatic carbocycles. The quantitative estimate of drug-likeness (QED) is 0.772. The fraction of sp³-hybridized carbons (Fsp3) is 0.455. The van der Waals surface area contributed by atoms with Crippen LogP contribution in [0.1, 0.15) is 25.5 Å². The first kappa shape index (κ1) is 11.1. The molecule has 0 spiro atoms. The highest BCUT2D eigenvalue weighted by molar-refractivity contribution is 5.19. The number of likely N-dealkylation sites (N-methyl/N-ethyl adjacent to an activating group) is 1. The zero-order chi connectivity index (χ0) is 10.6. The number of aliphatic hydroxyl groups excluding tert-OH is 1. The highest BCUT2D eigenvalue weighted by atomic mass is 19.1. The molecule has 0 fully saturated rings. The molecule has 3 heteroatoms. The molecule has 14 heavy (non-hydrogen) atoms. The standard InChI is InChI=1S/C11H16FNO/c1-3-13-8(2)11(14)9-4-6-10(12)7-5-9/h4-8,11,13-14H,3H2,1-2H3. The van der Waals surface area contributed by atoms with E-state index >= 15 is 0 Å². The van der Waals surface area contributed by atoms with E-state index in [2.05, 4.69) is 5.32 Å². The van der Waals surface area contributed by atoms with Gasteiger partial charge in [-0.15, -0.1) is 0 Å². The zero-order valence-corrected chi connectivity index (χ0v) is 8.50. The Kier molecular flexibility index (Phi) is 4.04. The van der Waals surface area contributed by atoms with Gasteiger partial charge in [0.1, 0.15) is 5.82 Å². The predicted octanol–water partition coefficient (Wildman–Crippen LogP) is 1.86. The minimum absolute atomic E-state index is 0.0227. The lowest BCUT2D eigenvalue weighted by Crippen LogP contribution is -2.31. The van der Waals surface area contributed by atoms with E-state index in [0.717, 1.165) is 12.1 Å². The molecule has 0 radical (unpaired) electrons. The zero-order valence-electron chi connectivity index (χ0n) is 8.50. The summed E-state index contributed by atoms with van der Waals surface area (Å²) in [6.07, 6.45) is -0.587. The van der Waals surface area contributed by atoms with Crippen LogP contribution in [-0.2, 0) is 0 Å². The monoisotopic (exact) mass is 197 g/mol. The van der Waals surface area contributed by atoms with Crippen LogP contribution in [0.15, 0.2) is 24.3 Å². The molecule has 2 unspecified atom stereocenters. The van der Waals surface area contributed by atoms with Crippen LogP contribution in [0.5, 0.6) is 0 Å². The van der Waals surface area contributed by atoms with Crippen LogP contribution in [-0.4, -0.2) is 17.7 Å². The van der Waals surface area contributed by atoms with Gasteiger partial charge in [0, 0.05) is 6.04 Å². The van der Waals surface area contributed by atoms with Crippen molar-refractivity contribution in [3.8, 4) is 0 Å². The highest BCUT2D eigenvalue weighted by Crippen LogP contribution is 2.16. The summed E-state index contributed by atoms with van der Waals surface area (Å²) in [7, 11) is 0. The summed E-state index contributed by atoms with van der Waals surface area (Å²) in [6, 6.07) is 5.90. The third-order valence-electron chi connectivity index (χ3n) is 2.21. The Balaban J connectivity index is 2.68. The van der Waals surface area contributed by atoms with Crippen molar-refractivity contribution in [3.63, 3.8) is 0 Å². The SMILES string of the molecule is CCNC(C)C(O)c1ccc(F)cc1. The summed E-state index contributed by atoms with van der Waals surface area (Å²) < 4.78 is 12.6. The minimum Gasteiger partial charge on any atom is -0.387 e. The van der Waals surface area contributed by atoms with E-state index in [-0.39, 0.29) is 11.9 Å². The molecule has 1 rings (SSSR count). The van der Waals surface area contributed by atoms with Crippen molar-refractivity contribution in [2.24, 2.45) is 0 Å². The van der Waals surface area contributed by atoms with Gasteiger partial charge in [-0.05, 0) is 31.2 Å². The number of halogens is 1. The van der Waals surface area contributed by atoms with E-state index in [1.165, 1.54) is 12.1 Å². The van der Waals surface area contributed by atoms with Gasteiger partial charge >= 0.3 is 0 Å². The molecule has 2 nitrogen and oxygen atoms in total. The first-order valence-corrected chi connectivity index (χ1v) is 4.82. The maximum atomic E-state index is 12.6. The lowest BCUT2D eigenvalue weighted by molar-refractivity contribution is 0.137. The van der Waals surface area contributed by atoms with Crippen molar-refractivity contribution in [2.45, 2.75) is 26.0 Å². The average Bonchev–Trinajstić information content (AvgIpc) is 2.18. The van der Waals surface area contributed by atoms with Crippen molar-refractivity contribution in [1.82, 2.24) is 5.32 Å². The summed E-state index contributed by atoms with van der Waals surface area (Å²) in [4.78, 5) is 0. The summed E-state index contributed by atoms with van der Waals surface area (Å²) in [5.41, 5.74) is 0.736. The molecule has 2 atom stereocenters. The fourth-order valence-electron chi connectivity index (χ4n) is 1.38. The lowest BCUT2D eigenvalue weighted by Gasteiger charge is -2.19. The second-order valence-corrected chi connectivity index (χ2v) is 3.34. The van der Waals surface area contributed by atoms with Gasteiger partial charge in [0.25, 0.3) is 0 Å². The van der Waals surface area contributed by atoms with Gasteiger partial charge in [0.2, 0.25) is 0 Å². The van der Waals surface area contributed by atoms with Crippen molar-refractivity contribution >= 4 is 0 Å². The normalized spacial score (nSPS) is 15.1. The van der Waals surface area contributed by atoms with Gasteiger partial charge in [0.15, 0.2) is 0 Å². The molecule has 0 saturated heterocycles. The van der Waals surface area contributed by atoms with Gasteiger partial charge in [-0.3, -0.25) is 0 Å². The van der Waals surface area contributed by atoms with Crippen molar-refractivity contribution in [3.05, 3.63) is 35.6 Å². The Labute approximate surface area is 83.8 Å². The second-order valence-electron chi connectivity index (χ2n) is 3.34. The van der Waals surface area contributed by atoms with Gasteiger partial charge in [0.05, 0.1) is 6.10 Å². The number of aliphatic hydroxyl groups is 1. The molecule has 0 aromatic heterocycles. The number of nitrogens with one attached hydrogen (secondary N) is 1. The Morgan fingerprint density at radius 1 is 1.36 bits per heavy atom. The third kappa shape index (κ3) is 2.79. The Bertz CT molecular complexity index is 273. The van der Waals surface area contributed by atoms with Crippen LogP contribution in [0.4, 0.5) is 4.39 Å². The second kappa shape index (κ2) is 5.08. The first-order valence-electron chi connectivity index (χ1n) is 4.82. The molecule has 0 amide bonds. The molecule has 0 bridgehead atoms. The molecule has 78 valence electrons. The fourth-order valence-corrected chi connectivity index (χ4v) is 1.38. The van der Waals surface area contributed by atoms with Crippen LogP contribution in [0.2, 0.25) is 0 Å². The Morgan fingerprint density at radius 3 is 2.43 bits per heavy atom. The molecule has 0 aliphatic rings. The summed E-state index contributed by atoms with van der Waals surface area (Å²) in [6.45, 7) is 4.69. The average molecular weight is 197 g/mol. The van der Waals surface area contributed by atoms with Crippen molar-refractivity contribution in [1.29, 1.82) is 0 Å². The third-order valence-corrected chi connectivity index (χ3v) is 2.21. The predicted molar refractivity (Wildman–Crippen MR) is 54.5 cm³/mol. The van der Waals surface area contributed by atoms with Crippen molar-refractivity contribution in [2.75, 3.05) is 6.54 Å². The summed E-state index contributed by atoms with van der Waals surface area (Å²) in [5, 5.41) is 12.9. The molecule has 0 aliphatic heterocycles. The van der Waals surface area contributed by atoms with E-state index < -0.39 is 6.10 Å². The van der Waals surface area contributed by atoms with Crippen molar-refractivity contribution < 1.29 is 9.50 Å². The topological polar surface area (TPSA) is 32.3 Å². The molecule has 2 N–H and O–H groups in total. The molecular formula is C11H16FNO. The minimum atomic E-state index is -0.587. The van der Waals surface area contributed by atoms with Gasteiger partial charge in [-0.1, -0.05) is 19.1 Å². The highest BCUT2D eigenvalue weighted by Gasteiger charge is 2.14. The van der Waals surface area contributed by atoms with E-state index in [4.69, 9.17) is 0 Å². The largest absolute Gasteiger partial charge is 0.387 e. The van der Waals surface area contributed by atoms with Crippen LogP contribution in [0, 0.1) is 5.82 Å². The smallest absolute Gasteiger partial charge is 0.123 e. The Hall–Kier alpha value is -0.930. The van der Waals surface area contributed by atoms with Crippen LogP contribution in [0.25, 0.3) is 0 Å². The molecule has 1 aromatic carbocycles. The van der Waals surface area contributed by atoms with Crippen LogP contribution in [0.3, 0.4) is 0 Å². The molecule has 1 aromatic rings. The number of hydrogen-bond donors (Lipinski definition) is 2. The number of benzene rings is 1. The van der Waals surface area contributed by atoms with E-state index in [1.807, 2.05) is 13.8 Å². The molecular weight excluding hydrogens is 181 g/mol. The van der Waals surface area contributed by atoms with Gasteiger partial charge in [-0.25, -0.2) is 4.39 Å². The number of rotatable bonds is 4. The van der Waals surface area contributed by atoms with E-state index in [9.17, 15) is 9.50 Å². The maximum absolute atomic E-state index is 12.6. The van der Waals surface area contributed by atoms with Crippen LogP contribution < -0.4 is 5.32 Å². The van der Waals surface area contributed by atoms with Crippen LogP contribution >= 0.6 is 0 Å².